The van der Waals surface area contributed by atoms with Crippen molar-refractivity contribution in [2.45, 2.75) is 25.7 Å². The minimum Gasteiger partial charge on any atom is -0.381 e. The van der Waals surface area contributed by atoms with Crippen LogP contribution in [-0.4, -0.2) is 31.3 Å². The van der Waals surface area contributed by atoms with E-state index < -0.39 is 0 Å². The molecule has 0 aromatic heterocycles. The van der Waals surface area contributed by atoms with Gasteiger partial charge < -0.3 is 4.74 Å². The molecular formula is C24H24N2O. The van der Waals surface area contributed by atoms with Crippen molar-refractivity contribution in [3.05, 3.63) is 76.4 Å². The standard InChI is InChI=1S/C24H24N2O/c1-16-4-2-3-5-20(16)24-25-15-23(26-24)19-7-9-22-18(14-19)6-8-21(22)17-10-12-27-13-11-17/h2-9,14,17,21H,10-13,15H2,1H3. The zero-order valence-corrected chi connectivity index (χ0v) is 15.7. The van der Waals surface area contributed by atoms with Gasteiger partial charge in [-0.3, -0.25) is 4.99 Å². The summed E-state index contributed by atoms with van der Waals surface area (Å²) in [5.74, 6) is 2.11. The average Bonchev–Trinajstić information content (AvgIpc) is 3.36. The molecule has 1 aliphatic carbocycles. The lowest BCUT2D eigenvalue weighted by Crippen LogP contribution is -2.20. The van der Waals surface area contributed by atoms with Gasteiger partial charge in [-0.05, 0) is 54.0 Å². The molecule has 27 heavy (non-hydrogen) atoms. The molecule has 0 bridgehead atoms. The normalized spacial score (nSPS) is 21.9. The second kappa shape index (κ2) is 6.90. The van der Waals surface area contributed by atoms with E-state index in [9.17, 15) is 0 Å². The Hall–Kier alpha value is -2.52. The Morgan fingerprint density at radius 3 is 2.74 bits per heavy atom. The third-order valence-corrected chi connectivity index (χ3v) is 6.04. The smallest absolute Gasteiger partial charge is 0.155 e. The van der Waals surface area contributed by atoms with E-state index in [-0.39, 0.29) is 0 Å². The molecule has 3 nitrogen and oxygen atoms in total. The lowest BCUT2D eigenvalue weighted by molar-refractivity contribution is 0.0625. The Labute approximate surface area is 160 Å². The molecule has 2 heterocycles. The minimum absolute atomic E-state index is 0.544. The molecule has 2 aromatic rings. The van der Waals surface area contributed by atoms with E-state index in [4.69, 9.17) is 9.73 Å². The summed E-state index contributed by atoms with van der Waals surface area (Å²) in [6.07, 6.45) is 7.00. The van der Waals surface area contributed by atoms with E-state index in [1.54, 1.807) is 0 Å². The van der Waals surface area contributed by atoms with E-state index >= 15 is 0 Å². The lowest BCUT2D eigenvalue weighted by Gasteiger charge is -2.27. The van der Waals surface area contributed by atoms with E-state index in [1.165, 1.54) is 22.3 Å². The molecule has 3 heteroatoms. The van der Waals surface area contributed by atoms with Gasteiger partial charge in [-0.25, -0.2) is 4.99 Å². The summed E-state index contributed by atoms with van der Waals surface area (Å²) in [5.41, 5.74) is 7.42. The predicted octanol–water partition coefficient (Wildman–Crippen LogP) is 4.78. The second-order valence-corrected chi connectivity index (χ2v) is 7.69. The van der Waals surface area contributed by atoms with Crippen molar-refractivity contribution in [2.75, 3.05) is 19.8 Å². The first-order valence-electron chi connectivity index (χ1n) is 9.88. The molecule has 2 aliphatic heterocycles. The summed E-state index contributed by atoms with van der Waals surface area (Å²) < 4.78 is 5.54. The summed E-state index contributed by atoms with van der Waals surface area (Å²) in [7, 11) is 0. The minimum atomic E-state index is 0.544. The maximum absolute atomic E-state index is 5.54. The fourth-order valence-corrected chi connectivity index (χ4v) is 4.47. The van der Waals surface area contributed by atoms with Crippen molar-refractivity contribution in [3.63, 3.8) is 0 Å². The first-order valence-corrected chi connectivity index (χ1v) is 9.88. The Morgan fingerprint density at radius 1 is 1.04 bits per heavy atom. The van der Waals surface area contributed by atoms with Gasteiger partial charge in [0.2, 0.25) is 0 Å². The van der Waals surface area contributed by atoms with E-state index in [1.807, 2.05) is 0 Å². The monoisotopic (exact) mass is 356 g/mol. The molecule has 0 amide bonds. The van der Waals surface area contributed by atoms with Crippen LogP contribution in [0.1, 0.15) is 46.6 Å². The van der Waals surface area contributed by atoms with Gasteiger partial charge >= 0.3 is 0 Å². The SMILES string of the molecule is Cc1ccccc1C1=NCC(c2ccc3c(c2)C=CC3C2CCOCC2)=N1. The summed E-state index contributed by atoms with van der Waals surface area (Å²) in [4.78, 5) is 9.54. The maximum Gasteiger partial charge on any atom is 0.155 e. The fraction of sp³-hybridized carbons (Fsp3) is 0.333. The van der Waals surface area contributed by atoms with Crippen LogP contribution in [0, 0.1) is 12.8 Å². The van der Waals surface area contributed by atoms with E-state index in [0.29, 0.717) is 18.4 Å². The Balaban J connectivity index is 1.40. The van der Waals surface area contributed by atoms with Crippen LogP contribution in [-0.2, 0) is 4.74 Å². The van der Waals surface area contributed by atoms with Crippen molar-refractivity contribution in [2.24, 2.45) is 15.9 Å². The number of rotatable bonds is 3. The number of aliphatic imine (C=N–C) groups is 2. The summed E-state index contributed by atoms with van der Waals surface area (Å²) in [6, 6.07) is 15.1. The topological polar surface area (TPSA) is 34.0 Å². The highest BCUT2D eigenvalue weighted by Crippen LogP contribution is 2.40. The van der Waals surface area contributed by atoms with E-state index in [0.717, 1.165) is 43.2 Å². The van der Waals surface area contributed by atoms with Crippen LogP contribution in [0.4, 0.5) is 0 Å². The van der Waals surface area contributed by atoms with Crippen LogP contribution in [0.15, 0.2) is 58.5 Å². The molecule has 2 aromatic carbocycles. The van der Waals surface area contributed by atoms with Gasteiger partial charge in [0.25, 0.3) is 0 Å². The third-order valence-electron chi connectivity index (χ3n) is 6.04. The predicted molar refractivity (Wildman–Crippen MR) is 111 cm³/mol. The van der Waals surface area contributed by atoms with Crippen molar-refractivity contribution in [1.29, 1.82) is 0 Å². The molecule has 136 valence electrons. The Morgan fingerprint density at radius 2 is 1.89 bits per heavy atom. The zero-order valence-electron chi connectivity index (χ0n) is 15.7. The number of hydrogen-bond acceptors (Lipinski definition) is 3. The molecule has 0 N–H and O–H groups in total. The molecule has 1 fully saturated rings. The molecule has 0 saturated carbocycles. The van der Waals surface area contributed by atoms with Crippen molar-refractivity contribution in [3.8, 4) is 0 Å². The highest BCUT2D eigenvalue weighted by molar-refractivity contribution is 6.17. The molecule has 3 aliphatic rings. The number of benzene rings is 2. The van der Waals surface area contributed by atoms with Crippen molar-refractivity contribution >= 4 is 17.6 Å². The van der Waals surface area contributed by atoms with Crippen LogP contribution in [0.5, 0.6) is 0 Å². The highest BCUT2D eigenvalue weighted by Gasteiger charge is 2.28. The number of nitrogens with zero attached hydrogens (tertiary/aromatic N) is 2. The van der Waals surface area contributed by atoms with Gasteiger partial charge in [-0.15, -0.1) is 0 Å². The van der Waals surface area contributed by atoms with Crippen LogP contribution in [0.25, 0.3) is 6.08 Å². The zero-order chi connectivity index (χ0) is 18.2. The largest absolute Gasteiger partial charge is 0.381 e. The quantitative estimate of drug-likeness (QED) is 0.779. The Bertz CT molecular complexity index is 964. The number of hydrogen-bond donors (Lipinski definition) is 0. The van der Waals surface area contributed by atoms with Gasteiger partial charge in [0, 0.05) is 24.7 Å². The van der Waals surface area contributed by atoms with Crippen LogP contribution in [0.3, 0.4) is 0 Å². The van der Waals surface area contributed by atoms with Gasteiger partial charge in [0.15, 0.2) is 5.84 Å². The molecule has 0 spiro atoms. The molecular weight excluding hydrogens is 332 g/mol. The molecule has 5 rings (SSSR count). The third kappa shape index (κ3) is 3.06. The van der Waals surface area contributed by atoms with E-state index in [2.05, 4.69) is 66.5 Å². The first kappa shape index (κ1) is 16.6. The number of fused-ring (bicyclic) bond motifs is 1. The molecule has 1 saturated heterocycles. The second-order valence-electron chi connectivity index (χ2n) is 7.69. The maximum atomic E-state index is 5.54. The number of aryl methyl sites for hydroxylation is 1. The van der Waals surface area contributed by atoms with Crippen LogP contribution >= 0.6 is 0 Å². The van der Waals surface area contributed by atoms with Gasteiger partial charge in [0.1, 0.15) is 0 Å². The average molecular weight is 356 g/mol. The summed E-state index contributed by atoms with van der Waals surface area (Å²) in [5, 5.41) is 0. The Kier molecular flexibility index (Phi) is 4.25. The molecule has 0 radical (unpaired) electrons. The molecule has 1 atom stereocenters. The van der Waals surface area contributed by atoms with Gasteiger partial charge in [-0.1, -0.05) is 48.6 Å². The van der Waals surface area contributed by atoms with Crippen molar-refractivity contribution < 1.29 is 4.74 Å². The van der Waals surface area contributed by atoms with Gasteiger partial charge in [0.05, 0.1) is 12.3 Å². The lowest BCUT2D eigenvalue weighted by atomic mass is 9.82. The number of amidine groups is 1. The fourth-order valence-electron chi connectivity index (χ4n) is 4.47. The summed E-state index contributed by atoms with van der Waals surface area (Å²) in [6.45, 7) is 4.58. The van der Waals surface area contributed by atoms with Crippen molar-refractivity contribution in [1.82, 2.24) is 0 Å². The molecule has 1 unspecified atom stereocenters. The highest BCUT2D eigenvalue weighted by atomic mass is 16.5. The number of ether oxygens (including phenoxy) is 1. The number of allylic oxidation sites excluding steroid dienone is 1. The van der Waals surface area contributed by atoms with Crippen LogP contribution < -0.4 is 0 Å². The van der Waals surface area contributed by atoms with Crippen LogP contribution in [0.2, 0.25) is 0 Å². The summed E-state index contributed by atoms with van der Waals surface area (Å²) >= 11 is 0. The first-order chi connectivity index (χ1) is 13.3. The van der Waals surface area contributed by atoms with Gasteiger partial charge in [-0.2, -0.15) is 0 Å².